The van der Waals surface area contributed by atoms with E-state index >= 15 is 0 Å². The molecule has 0 saturated carbocycles. The van der Waals surface area contributed by atoms with Gasteiger partial charge in [0.15, 0.2) is 0 Å². The van der Waals surface area contributed by atoms with E-state index in [0.717, 1.165) is 4.90 Å². The normalized spacial score (nSPS) is 19.8. The molecule has 2 N–H and O–H groups in total. The van der Waals surface area contributed by atoms with Crippen molar-refractivity contribution < 1.29 is 14.4 Å². The zero-order chi connectivity index (χ0) is 21.3. The molecule has 29 heavy (non-hydrogen) atoms. The lowest BCUT2D eigenvalue weighted by Crippen LogP contribution is -2.43. The van der Waals surface area contributed by atoms with Gasteiger partial charge in [-0.2, -0.15) is 0 Å². The van der Waals surface area contributed by atoms with Crippen molar-refractivity contribution in [3.05, 3.63) is 62.9 Å². The zero-order valence-electron chi connectivity index (χ0n) is 15.5. The number of aromatic nitrogens is 1. The Morgan fingerprint density at radius 2 is 2.00 bits per heavy atom. The highest BCUT2D eigenvalue weighted by Gasteiger charge is 2.50. The molecule has 4 amide bonds. The minimum Gasteiger partial charge on any atom is -0.348 e. The van der Waals surface area contributed by atoms with Gasteiger partial charge in [0.25, 0.3) is 5.91 Å². The molecule has 3 rings (SSSR count). The number of imide groups is 1. The average molecular weight is 456 g/mol. The van der Waals surface area contributed by atoms with E-state index in [2.05, 4.69) is 15.6 Å². The van der Waals surface area contributed by atoms with Crippen LogP contribution in [0.25, 0.3) is 0 Å². The fraction of sp³-hybridized carbons (Fsp3) is 0.263. The fourth-order valence-corrected chi connectivity index (χ4v) is 4.02. The van der Waals surface area contributed by atoms with Crippen LogP contribution in [0.2, 0.25) is 15.2 Å². The van der Waals surface area contributed by atoms with Gasteiger partial charge in [-0.05, 0) is 37.6 Å². The van der Waals surface area contributed by atoms with Gasteiger partial charge in [0, 0.05) is 21.8 Å². The Balaban J connectivity index is 1.73. The summed E-state index contributed by atoms with van der Waals surface area (Å²) in [5.41, 5.74) is -0.397. The summed E-state index contributed by atoms with van der Waals surface area (Å²) in [5, 5.41) is 6.29. The molecule has 1 saturated heterocycles. The minimum absolute atomic E-state index is 0.0981. The molecule has 1 aromatic heterocycles. The highest BCUT2D eigenvalue weighted by molar-refractivity contribution is 6.35. The highest BCUT2D eigenvalue weighted by atomic mass is 35.5. The lowest BCUT2D eigenvalue weighted by atomic mass is 9.93. The largest absolute Gasteiger partial charge is 0.348 e. The van der Waals surface area contributed by atoms with E-state index in [1.807, 2.05) is 0 Å². The van der Waals surface area contributed by atoms with Crippen molar-refractivity contribution in [2.24, 2.45) is 0 Å². The number of benzene rings is 1. The van der Waals surface area contributed by atoms with Crippen LogP contribution in [0.5, 0.6) is 0 Å². The molecule has 0 bridgehead atoms. The number of urea groups is 1. The maximum atomic E-state index is 12.9. The number of amides is 4. The standard InChI is InChI=1S/C19H17Cl3N4O3/c1-10(12-6-5-11(20)8-14(12)21)24-15(27)9-26-17(28)19(2,25-18(26)29)13-4-3-7-23-16(13)22/h3-8,10H,9H2,1-2H3,(H,24,27)(H,25,29). The van der Waals surface area contributed by atoms with Crippen molar-refractivity contribution in [3.63, 3.8) is 0 Å². The molecular formula is C19H17Cl3N4O3. The molecule has 2 heterocycles. The third-order valence-electron chi connectivity index (χ3n) is 4.68. The Morgan fingerprint density at radius 1 is 1.28 bits per heavy atom. The SMILES string of the molecule is CC(NC(=O)CN1C(=O)NC(C)(c2cccnc2Cl)C1=O)c1ccc(Cl)cc1Cl. The second-order valence-electron chi connectivity index (χ2n) is 6.74. The Morgan fingerprint density at radius 3 is 2.66 bits per heavy atom. The van der Waals surface area contributed by atoms with Crippen LogP contribution < -0.4 is 10.6 Å². The number of carbonyl (C=O) groups is 3. The Kier molecular flexibility index (Phi) is 6.03. The smallest absolute Gasteiger partial charge is 0.325 e. The molecule has 1 fully saturated rings. The van der Waals surface area contributed by atoms with Gasteiger partial charge in [-0.3, -0.25) is 14.5 Å². The first kappa shape index (κ1) is 21.4. The molecule has 2 unspecified atom stereocenters. The molecule has 7 nitrogen and oxygen atoms in total. The van der Waals surface area contributed by atoms with E-state index < -0.39 is 36.0 Å². The van der Waals surface area contributed by atoms with Gasteiger partial charge in [-0.15, -0.1) is 0 Å². The zero-order valence-corrected chi connectivity index (χ0v) is 17.8. The molecule has 1 aromatic carbocycles. The Labute approximate surface area is 182 Å². The van der Waals surface area contributed by atoms with E-state index in [9.17, 15) is 14.4 Å². The summed E-state index contributed by atoms with van der Waals surface area (Å²) in [6.45, 7) is 2.80. The third-order valence-corrected chi connectivity index (χ3v) is 5.54. The molecular weight excluding hydrogens is 439 g/mol. The summed E-state index contributed by atoms with van der Waals surface area (Å²) in [4.78, 5) is 42.6. The van der Waals surface area contributed by atoms with Crippen molar-refractivity contribution in [2.75, 3.05) is 6.54 Å². The van der Waals surface area contributed by atoms with Crippen molar-refractivity contribution in [1.29, 1.82) is 0 Å². The predicted molar refractivity (Wildman–Crippen MR) is 110 cm³/mol. The van der Waals surface area contributed by atoms with Crippen molar-refractivity contribution >= 4 is 52.6 Å². The second kappa shape index (κ2) is 8.18. The molecule has 0 spiro atoms. The van der Waals surface area contributed by atoms with Crippen LogP contribution in [0.3, 0.4) is 0 Å². The van der Waals surface area contributed by atoms with E-state index in [1.54, 1.807) is 37.3 Å². The fourth-order valence-electron chi connectivity index (χ4n) is 3.14. The first-order valence-corrected chi connectivity index (χ1v) is 9.76. The van der Waals surface area contributed by atoms with Crippen LogP contribution >= 0.6 is 34.8 Å². The van der Waals surface area contributed by atoms with Crippen molar-refractivity contribution in [1.82, 2.24) is 20.5 Å². The van der Waals surface area contributed by atoms with E-state index in [0.29, 0.717) is 21.2 Å². The van der Waals surface area contributed by atoms with Gasteiger partial charge < -0.3 is 10.6 Å². The summed E-state index contributed by atoms with van der Waals surface area (Å²) in [6, 6.07) is 7.00. The lowest BCUT2D eigenvalue weighted by molar-refractivity contribution is -0.135. The number of nitrogens with zero attached hydrogens (tertiary/aromatic N) is 2. The summed E-state index contributed by atoms with van der Waals surface area (Å²) < 4.78 is 0. The van der Waals surface area contributed by atoms with Crippen LogP contribution in [0, 0.1) is 0 Å². The van der Waals surface area contributed by atoms with Gasteiger partial charge in [0.05, 0.1) is 6.04 Å². The third kappa shape index (κ3) is 4.17. The van der Waals surface area contributed by atoms with Crippen molar-refractivity contribution in [3.8, 4) is 0 Å². The topological polar surface area (TPSA) is 91.4 Å². The second-order valence-corrected chi connectivity index (χ2v) is 7.94. The maximum absolute atomic E-state index is 12.9. The van der Waals surface area contributed by atoms with Gasteiger partial charge in [0.1, 0.15) is 17.2 Å². The van der Waals surface area contributed by atoms with Gasteiger partial charge >= 0.3 is 6.03 Å². The van der Waals surface area contributed by atoms with E-state index in [1.165, 1.54) is 13.1 Å². The van der Waals surface area contributed by atoms with Crippen LogP contribution in [0.1, 0.15) is 31.0 Å². The number of hydrogen-bond acceptors (Lipinski definition) is 4. The van der Waals surface area contributed by atoms with Crippen molar-refractivity contribution in [2.45, 2.75) is 25.4 Å². The number of nitrogens with one attached hydrogen (secondary N) is 2. The van der Waals surface area contributed by atoms with E-state index in [4.69, 9.17) is 34.8 Å². The number of pyridine rings is 1. The Hall–Kier alpha value is -2.35. The molecule has 1 aliphatic heterocycles. The monoisotopic (exact) mass is 454 g/mol. The summed E-state index contributed by atoms with van der Waals surface area (Å²) in [7, 11) is 0. The van der Waals surface area contributed by atoms with Crippen LogP contribution in [-0.2, 0) is 15.1 Å². The maximum Gasteiger partial charge on any atom is 0.325 e. The van der Waals surface area contributed by atoms with Crippen LogP contribution in [-0.4, -0.2) is 34.3 Å². The molecule has 1 aliphatic rings. The first-order chi connectivity index (χ1) is 13.6. The quantitative estimate of drug-likeness (QED) is 0.531. The Bertz CT molecular complexity index is 1000. The number of carbonyl (C=O) groups excluding carboxylic acids is 3. The molecule has 0 radical (unpaired) electrons. The number of halogens is 3. The molecule has 10 heteroatoms. The molecule has 2 aromatic rings. The predicted octanol–water partition coefficient (Wildman–Crippen LogP) is 3.69. The average Bonchev–Trinajstić information content (AvgIpc) is 2.85. The first-order valence-electron chi connectivity index (χ1n) is 8.63. The minimum atomic E-state index is -1.41. The molecule has 0 aliphatic carbocycles. The molecule has 152 valence electrons. The van der Waals surface area contributed by atoms with Gasteiger partial charge in [-0.25, -0.2) is 9.78 Å². The number of rotatable bonds is 5. The van der Waals surface area contributed by atoms with E-state index in [-0.39, 0.29) is 5.15 Å². The summed E-state index contributed by atoms with van der Waals surface area (Å²) >= 11 is 18.1. The lowest BCUT2D eigenvalue weighted by Gasteiger charge is -2.23. The summed E-state index contributed by atoms with van der Waals surface area (Å²) in [5.74, 6) is -1.11. The highest BCUT2D eigenvalue weighted by Crippen LogP contribution is 2.32. The number of hydrogen-bond donors (Lipinski definition) is 2. The van der Waals surface area contributed by atoms with Crippen LogP contribution in [0.15, 0.2) is 36.5 Å². The summed E-state index contributed by atoms with van der Waals surface area (Å²) in [6.07, 6.45) is 1.48. The van der Waals surface area contributed by atoms with Gasteiger partial charge in [-0.1, -0.05) is 46.9 Å². The molecule has 2 atom stereocenters. The van der Waals surface area contributed by atoms with Gasteiger partial charge in [0.2, 0.25) is 5.91 Å². The van der Waals surface area contributed by atoms with Crippen LogP contribution in [0.4, 0.5) is 4.79 Å².